The van der Waals surface area contributed by atoms with Crippen molar-refractivity contribution in [3.05, 3.63) is 40.7 Å². The molecule has 0 spiro atoms. The highest BCUT2D eigenvalue weighted by atomic mass is 32.1. The van der Waals surface area contributed by atoms with Crippen molar-refractivity contribution >= 4 is 22.8 Å². The van der Waals surface area contributed by atoms with Crippen molar-refractivity contribution in [1.29, 1.82) is 0 Å². The van der Waals surface area contributed by atoms with Crippen LogP contribution in [-0.2, 0) is 0 Å². The summed E-state index contributed by atoms with van der Waals surface area (Å²) in [6.45, 7) is 3.67. The topological polar surface area (TPSA) is 47.3 Å². The second-order valence-corrected chi connectivity index (χ2v) is 7.60. The predicted octanol–water partition coefficient (Wildman–Crippen LogP) is 5.02. The maximum Gasteiger partial charge on any atom is 0.171 e. The van der Waals surface area contributed by atoms with Crippen LogP contribution in [0, 0.1) is 6.92 Å². The van der Waals surface area contributed by atoms with Crippen LogP contribution in [0.15, 0.2) is 24.4 Å². The van der Waals surface area contributed by atoms with Crippen LogP contribution in [-0.4, -0.2) is 20.2 Å². The molecule has 1 aliphatic rings. The van der Waals surface area contributed by atoms with Crippen LogP contribution >= 0.6 is 11.3 Å². The van der Waals surface area contributed by atoms with E-state index in [4.69, 9.17) is 4.98 Å². The molecule has 1 saturated carbocycles. The van der Waals surface area contributed by atoms with Crippen molar-refractivity contribution in [2.45, 2.75) is 51.9 Å². The first-order valence-electron chi connectivity index (χ1n) is 8.61. The molecule has 0 radical (unpaired) electrons. The van der Waals surface area contributed by atoms with E-state index in [2.05, 4.69) is 9.38 Å². The van der Waals surface area contributed by atoms with Gasteiger partial charge in [0.15, 0.2) is 5.78 Å². The zero-order valence-corrected chi connectivity index (χ0v) is 14.9. The van der Waals surface area contributed by atoms with Gasteiger partial charge in [-0.1, -0.05) is 25.3 Å². The lowest BCUT2D eigenvalue weighted by atomic mass is 9.86. The molecule has 1 fully saturated rings. The van der Waals surface area contributed by atoms with Crippen molar-refractivity contribution in [3.8, 4) is 10.7 Å². The summed E-state index contributed by atoms with van der Waals surface area (Å²) in [5, 5.41) is 0.914. The van der Waals surface area contributed by atoms with Gasteiger partial charge >= 0.3 is 0 Å². The fourth-order valence-electron chi connectivity index (χ4n) is 3.71. The molecule has 0 aliphatic heterocycles. The molecule has 24 heavy (non-hydrogen) atoms. The minimum atomic E-state index is 0.130. The molecule has 0 unspecified atom stereocenters. The maximum absolute atomic E-state index is 12.2. The molecule has 3 heterocycles. The minimum Gasteiger partial charge on any atom is -0.297 e. The Bertz CT molecular complexity index is 903. The highest BCUT2D eigenvalue weighted by Crippen LogP contribution is 2.39. The average Bonchev–Trinajstić information content (AvgIpc) is 3.16. The van der Waals surface area contributed by atoms with Crippen molar-refractivity contribution < 1.29 is 4.79 Å². The number of thiazole rings is 1. The van der Waals surface area contributed by atoms with Crippen LogP contribution < -0.4 is 0 Å². The number of ketones is 1. The number of aryl methyl sites for hydroxylation is 1. The SMILES string of the molecule is CC(=O)c1sc(-c2c(C)nc3ccccn23)nc1C1CCCCC1. The van der Waals surface area contributed by atoms with Crippen LogP contribution in [0.2, 0.25) is 0 Å². The molecule has 0 bridgehead atoms. The van der Waals surface area contributed by atoms with E-state index in [1.807, 2.05) is 31.3 Å². The zero-order valence-electron chi connectivity index (χ0n) is 14.1. The van der Waals surface area contributed by atoms with Gasteiger partial charge in [-0.05, 0) is 31.9 Å². The van der Waals surface area contributed by atoms with Crippen molar-refractivity contribution in [3.63, 3.8) is 0 Å². The van der Waals surface area contributed by atoms with Crippen LogP contribution in [0.3, 0.4) is 0 Å². The lowest BCUT2D eigenvalue weighted by molar-refractivity contribution is 0.101. The van der Waals surface area contributed by atoms with E-state index >= 15 is 0 Å². The summed E-state index contributed by atoms with van der Waals surface area (Å²) in [5.41, 5.74) is 3.91. The summed E-state index contributed by atoms with van der Waals surface area (Å²) in [6, 6.07) is 5.99. The zero-order chi connectivity index (χ0) is 16.7. The second kappa shape index (κ2) is 6.13. The lowest BCUT2D eigenvalue weighted by Crippen LogP contribution is -2.08. The Balaban J connectivity index is 1.86. The van der Waals surface area contributed by atoms with Gasteiger partial charge < -0.3 is 0 Å². The summed E-state index contributed by atoms with van der Waals surface area (Å²) in [7, 11) is 0. The van der Waals surface area contributed by atoms with Crippen molar-refractivity contribution in [1.82, 2.24) is 14.4 Å². The Morgan fingerprint density at radius 2 is 2.00 bits per heavy atom. The minimum absolute atomic E-state index is 0.130. The van der Waals surface area contributed by atoms with E-state index in [0.717, 1.165) is 45.5 Å². The fraction of sp³-hybridized carbons (Fsp3) is 0.421. The number of Topliss-reactive ketones (excluding diaryl/α,β-unsaturated/α-hetero) is 1. The normalized spacial score (nSPS) is 15.9. The number of hydrogen-bond donors (Lipinski definition) is 0. The Labute approximate surface area is 145 Å². The smallest absolute Gasteiger partial charge is 0.171 e. The number of pyridine rings is 1. The highest BCUT2D eigenvalue weighted by molar-refractivity contribution is 7.17. The summed E-state index contributed by atoms with van der Waals surface area (Å²) in [5.74, 6) is 0.563. The third-order valence-corrected chi connectivity index (χ3v) is 6.05. The van der Waals surface area contributed by atoms with E-state index in [9.17, 15) is 4.79 Å². The molecule has 5 heteroatoms. The van der Waals surface area contributed by atoms with E-state index < -0.39 is 0 Å². The van der Waals surface area contributed by atoms with Crippen molar-refractivity contribution in [2.24, 2.45) is 0 Å². The van der Waals surface area contributed by atoms with Gasteiger partial charge in [-0.2, -0.15) is 0 Å². The van der Waals surface area contributed by atoms with Gasteiger partial charge in [0.1, 0.15) is 16.3 Å². The molecule has 1 aliphatic carbocycles. The summed E-state index contributed by atoms with van der Waals surface area (Å²) < 4.78 is 2.07. The van der Waals surface area contributed by atoms with Gasteiger partial charge in [-0.25, -0.2) is 9.97 Å². The first kappa shape index (κ1) is 15.5. The third kappa shape index (κ3) is 2.57. The fourth-order valence-corrected chi connectivity index (χ4v) is 4.85. The first-order valence-corrected chi connectivity index (χ1v) is 9.42. The number of nitrogens with zero attached hydrogens (tertiary/aromatic N) is 3. The standard InChI is InChI=1S/C19H21N3OS/c1-12-17(22-11-7-6-10-15(22)20-12)19-21-16(18(24-19)13(2)23)14-8-4-3-5-9-14/h6-7,10-11,14H,3-5,8-9H2,1-2H3. The Hall–Kier alpha value is -2.01. The van der Waals surface area contributed by atoms with Gasteiger partial charge in [0, 0.05) is 19.0 Å². The molecule has 0 saturated heterocycles. The molecule has 4 nitrogen and oxygen atoms in total. The number of carbonyl (C=O) groups excluding carboxylic acids is 1. The molecular weight excluding hydrogens is 318 g/mol. The number of hydrogen-bond acceptors (Lipinski definition) is 4. The Kier molecular flexibility index (Phi) is 3.96. The predicted molar refractivity (Wildman–Crippen MR) is 96.9 cm³/mol. The highest BCUT2D eigenvalue weighted by Gasteiger charge is 2.26. The van der Waals surface area contributed by atoms with Crippen LogP contribution in [0.4, 0.5) is 0 Å². The molecule has 0 amide bonds. The number of carbonyl (C=O) groups is 1. The summed E-state index contributed by atoms with van der Waals surface area (Å²) in [6.07, 6.45) is 8.09. The maximum atomic E-state index is 12.2. The van der Waals surface area contributed by atoms with Gasteiger partial charge in [0.05, 0.1) is 16.3 Å². The largest absolute Gasteiger partial charge is 0.297 e. The molecule has 0 aromatic carbocycles. The second-order valence-electron chi connectivity index (χ2n) is 6.60. The molecule has 3 aromatic heterocycles. The molecule has 4 rings (SSSR count). The van der Waals surface area contributed by atoms with Gasteiger partial charge in [0.2, 0.25) is 0 Å². The average molecular weight is 339 g/mol. The van der Waals surface area contributed by atoms with Gasteiger partial charge in [0.25, 0.3) is 0 Å². The number of aromatic nitrogens is 3. The molecule has 0 N–H and O–H groups in total. The third-order valence-electron chi connectivity index (χ3n) is 4.87. The summed E-state index contributed by atoms with van der Waals surface area (Å²) in [4.78, 5) is 22.6. The summed E-state index contributed by atoms with van der Waals surface area (Å²) >= 11 is 1.53. The Morgan fingerprint density at radius 3 is 2.75 bits per heavy atom. The first-order chi connectivity index (χ1) is 11.6. The van der Waals surface area contributed by atoms with E-state index in [-0.39, 0.29) is 5.78 Å². The van der Waals surface area contributed by atoms with Gasteiger partial charge in [-0.15, -0.1) is 11.3 Å². The molecule has 124 valence electrons. The van der Waals surface area contributed by atoms with E-state index in [1.54, 1.807) is 6.92 Å². The number of rotatable bonds is 3. The quantitative estimate of drug-likeness (QED) is 0.630. The Morgan fingerprint density at radius 1 is 1.21 bits per heavy atom. The van der Waals surface area contributed by atoms with Crippen LogP contribution in [0.1, 0.15) is 66.0 Å². The van der Waals surface area contributed by atoms with Crippen LogP contribution in [0.5, 0.6) is 0 Å². The lowest BCUT2D eigenvalue weighted by Gasteiger charge is -2.20. The van der Waals surface area contributed by atoms with Crippen LogP contribution in [0.25, 0.3) is 16.3 Å². The van der Waals surface area contributed by atoms with Gasteiger partial charge in [-0.3, -0.25) is 9.20 Å². The monoisotopic (exact) mass is 339 g/mol. The number of imidazole rings is 1. The van der Waals surface area contributed by atoms with E-state index in [0.29, 0.717) is 5.92 Å². The molecule has 0 atom stereocenters. The van der Waals surface area contributed by atoms with Crippen molar-refractivity contribution in [2.75, 3.05) is 0 Å². The van der Waals surface area contributed by atoms with E-state index in [1.165, 1.54) is 30.6 Å². The number of fused-ring (bicyclic) bond motifs is 1. The molecule has 3 aromatic rings. The molecular formula is C19H21N3OS.